The highest BCUT2D eigenvalue weighted by Crippen LogP contribution is 2.25. The number of rotatable bonds is 11. The predicted molar refractivity (Wildman–Crippen MR) is 134 cm³/mol. The van der Waals surface area contributed by atoms with Crippen LogP contribution in [0, 0.1) is 0 Å². The monoisotopic (exact) mass is 478 g/mol. The van der Waals surface area contributed by atoms with Crippen LogP contribution in [0.4, 0.5) is 0 Å². The molecule has 7 nitrogen and oxygen atoms in total. The van der Waals surface area contributed by atoms with Gasteiger partial charge in [0.2, 0.25) is 5.91 Å². The lowest BCUT2D eigenvalue weighted by Gasteiger charge is -2.38. The van der Waals surface area contributed by atoms with Crippen LogP contribution < -0.4 is 10.6 Å². The van der Waals surface area contributed by atoms with E-state index in [4.69, 9.17) is 4.74 Å². The van der Waals surface area contributed by atoms with E-state index >= 15 is 0 Å². The zero-order chi connectivity index (χ0) is 25.4. The quantitative estimate of drug-likeness (QED) is 0.424. The fourth-order valence-corrected chi connectivity index (χ4v) is 4.34. The molecule has 0 fully saturated rings. The maximum absolute atomic E-state index is 12.7. The molecule has 186 valence electrons. The first-order valence-corrected chi connectivity index (χ1v) is 12.1. The van der Waals surface area contributed by atoms with E-state index in [1.165, 1.54) is 6.92 Å². The van der Waals surface area contributed by atoms with Gasteiger partial charge in [-0.25, -0.2) is 4.79 Å². The number of ketones is 1. The Kier molecular flexibility index (Phi) is 9.34. The van der Waals surface area contributed by atoms with Crippen molar-refractivity contribution in [2.75, 3.05) is 0 Å². The van der Waals surface area contributed by atoms with E-state index in [0.717, 1.165) is 18.4 Å². The highest BCUT2D eigenvalue weighted by molar-refractivity contribution is 6.08. The van der Waals surface area contributed by atoms with Crippen LogP contribution in [-0.2, 0) is 20.9 Å². The summed E-state index contributed by atoms with van der Waals surface area (Å²) in [7, 11) is 0. The maximum atomic E-state index is 12.7. The normalized spacial score (nSPS) is 19.8. The predicted octanol–water partition coefficient (Wildman–Crippen LogP) is 3.87. The fraction of sp³-hybridized carbons (Fsp3) is 0.393. The first-order chi connectivity index (χ1) is 16.8. The molecule has 2 aromatic rings. The molecule has 1 amide bonds. The summed E-state index contributed by atoms with van der Waals surface area (Å²) in [6.45, 7) is 5.94. The van der Waals surface area contributed by atoms with Gasteiger partial charge in [0.25, 0.3) is 0 Å². The standard InChI is InChI=1S/C28H34N2O5/c1-4-23(5-2)35-25-16-22(28(33)34)15-24(26(25)30-18(3)31)29-17-19-11-13-21(14-12-19)27(32)20-9-7-6-8-10-20/h6-14,16,23-26,29H,4-5,15,17H2,1-3H3,(H,30,31)(H,33,34)/t24-,25+,26+/m0/s1. The molecular weight excluding hydrogens is 444 g/mol. The van der Waals surface area contributed by atoms with Gasteiger partial charge in [-0.3, -0.25) is 9.59 Å². The molecule has 0 heterocycles. The number of aliphatic carboxylic acids is 1. The summed E-state index contributed by atoms with van der Waals surface area (Å²) < 4.78 is 6.22. The third-order valence-electron chi connectivity index (χ3n) is 6.32. The molecule has 1 aliphatic rings. The number of carbonyl (C=O) groups is 3. The van der Waals surface area contributed by atoms with E-state index in [1.807, 2.05) is 44.2 Å². The Bertz CT molecular complexity index is 1040. The topological polar surface area (TPSA) is 105 Å². The summed E-state index contributed by atoms with van der Waals surface area (Å²) >= 11 is 0. The van der Waals surface area contributed by atoms with Crippen LogP contribution in [0.5, 0.6) is 0 Å². The Morgan fingerprint density at radius 3 is 2.20 bits per heavy atom. The second kappa shape index (κ2) is 12.4. The highest BCUT2D eigenvalue weighted by atomic mass is 16.5. The molecule has 0 spiro atoms. The number of hydrogen-bond acceptors (Lipinski definition) is 5. The van der Waals surface area contributed by atoms with Crippen LogP contribution in [-0.4, -0.2) is 47.1 Å². The highest BCUT2D eigenvalue weighted by Gasteiger charge is 2.37. The largest absolute Gasteiger partial charge is 0.478 e. The Morgan fingerprint density at radius 1 is 1.00 bits per heavy atom. The van der Waals surface area contributed by atoms with Crippen LogP contribution in [0.15, 0.2) is 66.2 Å². The smallest absolute Gasteiger partial charge is 0.331 e. The number of ether oxygens (including phenoxy) is 1. The number of amides is 1. The van der Waals surface area contributed by atoms with Crippen molar-refractivity contribution in [1.82, 2.24) is 10.6 Å². The molecule has 1 aliphatic carbocycles. The van der Waals surface area contributed by atoms with Gasteiger partial charge in [-0.15, -0.1) is 0 Å². The summed E-state index contributed by atoms with van der Waals surface area (Å²) in [6.07, 6.45) is 2.89. The summed E-state index contributed by atoms with van der Waals surface area (Å²) in [5.74, 6) is -1.23. The van der Waals surface area contributed by atoms with Crippen molar-refractivity contribution in [2.45, 2.75) is 70.9 Å². The first kappa shape index (κ1) is 26.3. The zero-order valence-corrected chi connectivity index (χ0v) is 20.5. The van der Waals surface area contributed by atoms with Gasteiger partial charge in [-0.05, 0) is 30.9 Å². The molecule has 3 N–H and O–H groups in total. The summed E-state index contributed by atoms with van der Waals surface area (Å²) in [4.78, 5) is 36.4. The Morgan fingerprint density at radius 2 is 1.63 bits per heavy atom. The van der Waals surface area contributed by atoms with Crippen molar-refractivity contribution in [3.63, 3.8) is 0 Å². The molecule has 0 saturated carbocycles. The third kappa shape index (κ3) is 7.10. The van der Waals surface area contributed by atoms with Crippen molar-refractivity contribution in [3.8, 4) is 0 Å². The van der Waals surface area contributed by atoms with Crippen molar-refractivity contribution < 1.29 is 24.2 Å². The minimum atomic E-state index is -0.986. The average Bonchev–Trinajstić information content (AvgIpc) is 2.87. The van der Waals surface area contributed by atoms with Gasteiger partial charge in [0, 0.05) is 36.2 Å². The molecule has 0 radical (unpaired) electrons. The van der Waals surface area contributed by atoms with Gasteiger partial charge in [0.15, 0.2) is 5.78 Å². The Balaban J connectivity index is 1.75. The number of benzene rings is 2. The van der Waals surface area contributed by atoms with E-state index < -0.39 is 18.1 Å². The first-order valence-electron chi connectivity index (χ1n) is 12.1. The van der Waals surface area contributed by atoms with Gasteiger partial charge in [0.05, 0.1) is 18.2 Å². The van der Waals surface area contributed by atoms with Crippen LogP contribution in [0.2, 0.25) is 0 Å². The minimum absolute atomic E-state index is 0.0315. The van der Waals surface area contributed by atoms with E-state index in [0.29, 0.717) is 17.7 Å². The fourth-order valence-electron chi connectivity index (χ4n) is 4.34. The van der Waals surface area contributed by atoms with Crippen LogP contribution in [0.1, 0.15) is 61.5 Å². The van der Waals surface area contributed by atoms with E-state index in [2.05, 4.69) is 10.6 Å². The number of hydrogen-bond donors (Lipinski definition) is 3. The van der Waals surface area contributed by atoms with E-state index in [1.54, 1.807) is 30.3 Å². The molecule has 2 aromatic carbocycles. The van der Waals surface area contributed by atoms with Gasteiger partial charge >= 0.3 is 5.97 Å². The van der Waals surface area contributed by atoms with Crippen LogP contribution in [0.25, 0.3) is 0 Å². The minimum Gasteiger partial charge on any atom is -0.478 e. The third-order valence-corrected chi connectivity index (χ3v) is 6.32. The SMILES string of the molecule is CCC(CC)O[C@@H]1C=C(C(=O)O)C[C@H](NCc2ccc(C(=O)c3ccccc3)cc2)[C@H]1NC(C)=O. The molecule has 0 aliphatic heterocycles. The van der Waals surface area contributed by atoms with E-state index in [-0.39, 0.29) is 35.8 Å². The molecule has 0 bridgehead atoms. The molecule has 3 atom stereocenters. The molecule has 0 saturated heterocycles. The Hall–Kier alpha value is -3.29. The Labute approximate surface area is 206 Å². The molecule has 7 heteroatoms. The number of nitrogens with one attached hydrogen (secondary N) is 2. The zero-order valence-electron chi connectivity index (χ0n) is 20.5. The van der Waals surface area contributed by atoms with Crippen molar-refractivity contribution >= 4 is 17.7 Å². The van der Waals surface area contributed by atoms with Gasteiger partial charge in [-0.1, -0.05) is 68.4 Å². The molecule has 0 unspecified atom stereocenters. The second-order valence-electron chi connectivity index (χ2n) is 8.85. The average molecular weight is 479 g/mol. The lowest BCUT2D eigenvalue weighted by molar-refractivity contribution is -0.133. The second-order valence-corrected chi connectivity index (χ2v) is 8.85. The summed E-state index contributed by atoms with van der Waals surface area (Å²) in [5.41, 5.74) is 2.45. The maximum Gasteiger partial charge on any atom is 0.331 e. The lowest BCUT2D eigenvalue weighted by Crippen LogP contribution is -2.58. The summed E-state index contributed by atoms with van der Waals surface area (Å²) in [5, 5.41) is 16.1. The van der Waals surface area contributed by atoms with Gasteiger partial charge in [0.1, 0.15) is 0 Å². The molecule has 0 aromatic heterocycles. The lowest BCUT2D eigenvalue weighted by atomic mass is 9.87. The van der Waals surface area contributed by atoms with E-state index in [9.17, 15) is 19.5 Å². The van der Waals surface area contributed by atoms with Gasteiger partial charge in [-0.2, -0.15) is 0 Å². The van der Waals surface area contributed by atoms with Crippen LogP contribution >= 0.6 is 0 Å². The van der Waals surface area contributed by atoms with Gasteiger partial charge < -0.3 is 20.5 Å². The summed E-state index contributed by atoms with van der Waals surface area (Å²) in [6, 6.07) is 15.7. The van der Waals surface area contributed by atoms with Crippen molar-refractivity contribution in [1.29, 1.82) is 0 Å². The number of carbonyl (C=O) groups excluding carboxylic acids is 2. The molecular formula is C28H34N2O5. The molecule has 35 heavy (non-hydrogen) atoms. The number of carboxylic acid groups (broad SMARTS) is 1. The molecule has 3 rings (SSSR count). The van der Waals surface area contributed by atoms with Crippen LogP contribution in [0.3, 0.4) is 0 Å². The van der Waals surface area contributed by atoms with Crippen molar-refractivity contribution in [3.05, 3.63) is 82.9 Å². The van der Waals surface area contributed by atoms with Crippen molar-refractivity contribution in [2.24, 2.45) is 0 Å². The number of carboxylic acids is 1.